The Morgan fingerprint density at radius 2 is 2.00 bits per heavy atom. The lowest BCUT2D eigenvalue weighted by Crippen LogP contribution is -2.10. The fraction of sp³-hybridized carbons (Fsp3) is 0.538. The van der Waals surface area contributed by atoms with Crippen LogP contribution in [0.25, 0.3) is 0 Å². The molecule has 0 spiro atoms. The van der Waals surface area contributed by atoms with E-state index < -0.39 is 5.67 Å². The maximum atomic E-state index is 13.7. The first-order chi connectivity index (χ1) is 6.95. The van der Waals surface area contributed by atoms with E-state index in [2.05, 4.69) is 0 Å². The van der Waals surface area contributed by atoms with Crippen molar-refractivity contribution in [2.75, 3.05) is 6.61 Å². The summed E-state index contributed by atoms with van der Waals surface area (Å²) in [5.74, 6) is 0. The molecule has 0 aliphatic heterocycles. The Bertz CT molecular complexity index is 326. The number of aryl methyl sites for hydroxylation is 2. The molecular weight excluding hydrogens is 191 g/mol. The summed E-state index contributed by atoms with van der Waals surface area (Å²) in [4.78, 5) is 0. The molecule has 0 saturated carbocycles. The van der Waals surface area contributed by atoms with Crippen LogP contribution in [0.1, 0.15) is 37.0 Å². The first-order valence-electron chi connectivity index (χ1n) is 5.35. The SMILES string of the molecule is Cc1ccc(C(C)(C)F)cc1CCCO. The Morgan fingerprint density at radius 1 is 1.33 bits per heavy atom. The van der Waals surface area contributed by atoms with Gasteiger partial charge >= 0.3 is 0 Å². The Balaban J connectivity index is 2.95. The molecule has 1 N–H and O–H groups in total. The molecule has 0 atom stereocenters. The first kappa shape index (κ1) is 12.2. The van der Waals surface area contributed by atoms with Crippen LogP contribution in [0, 0.1) is 6.92 Å². The van der Waals surface area contributed by atoms with Gasteiger partial charge in [-0.25, -0.2) is 4.39 Å². The van der Waals surface area contributed by atoms with E-state index in [1.165, 1.54) is 0 Å². The van der Waals surface area contributed by atoms with Crippen molar-refractivity contribution < 1.29 is 9.50 Å². The van der Waals surface area contributed by atoms with E-state index in [0.29, 0.717) is 5.56 Å². The molecule has 1 rings (SSSR count). The number of hydrogen-bond donors (Lipinski definition) is 1. The summed E-state index contributed by atoms with van der Waals surface area (Å²) >= 11 is 0. The predicted octanol–water partition coefficient (Wildman–Crippen LogP) is 3.12. The third kappa shape index (κ3) is 3.31. The number of aliphatic hydroxyl groups is 1. The average molecular weight is 210 g/mol. The van der Waals surface area contributed by atoms with Crippen molar-refractivity contribution in [1.29, 1.82) is 0 Å². The normalized spacial score (nSPS) is 11.8. The first-order valence-corrected chi connectivity index (χ1v) is 5.35. The molecule has 84 valence electrons. The summed E-state index contributed by atoms with van der Waals surface area (Å²) in [5, 5.41) is 8.77. The molecule has 1 aromatic carbocycles. The average Bonchev–Trinajstić information content (AvgIpc) is 2.15. The summed E-state index contributed by atoms with van der Waals surface area (Å²) in [7, 11) is 0. The van der Waals surface area contributed by atoms with Crippen molar-refractivity contribution in [1.82, 2.24) is 0 Å². The molecular formula is C13H19FO. The third-order valence-corrected chi connectivity index (χ3v) is 2.64. The second-order valence-corrected chi connectivity index (χ2v) is 4.44. The van der Waals surface area contributed by atoms with Gasteiger partial charge in [-0.2, -0.15) is 0 Å². The van der Waals surface area contributed by atoms with E-state index in [1.807, 2.05) is 25.1 Å². The lowest BCUT2D eigenvalue weighted by molar-refractivity contribution is 0.221. The maximum Gasteiger partial charge on any atom is 0.130 e. The van der Waals surface area contributed by atoms with Gasteiger partial charge < -0.3 is 5.11 Å². The Kier molecular flexibility index (Phi) is 3.86. The van der Waals surface area contributed by atoms with Gasteiger partial charge in [0, 0.05) is 6.61 Å². The predicted molar refractivity (Wildman–Crippen MR) is 60.7 cm³/mol. The van der Waals surface area contributed by atoms with Gasteiger partial charge in [-0.3, -0.25) is 0 Å². The third-order valence-electron chi connectivity index (χ3n) is 2.64. The molecule has 1 nitrogen and oxygen atoms in total. The van der Waals surface area contributed by atoms with Crippen molar-refractivity contribution in [2.45, 2.75) is 39.3 Å². The van der Waals surface area contributed by atoms with Crippen molar-refractivity contribution in [3.63, 3.8) is 0 Å². The molecule has 2 heteroatoms. The van der Waals surface area contributed by atoms with Crippen molar-refractivity contribution in [3.05, 3.63) is 34.9 Å². The smallest absolute Gasteiger partial charge is 0.130 e. The van der Waals surface area contributed by atoms with Gasteiger partial charge in [0.05, 0.1) is 0 Å². The quantitative estimate of drug-likeness (QED) is 0.809. The monoisotopic (exact) mass is 210 g/mol. The van der Waals surface area contributed by atoms with Gasteiger partial charge in [-0.1, -0.05) is 18.2 Å². The Hall–Kier alpha value is -0.890. The van der Waals surface area contributed by atoms with Crippen LogP contribution in [0.5, 0.6) is 0 Å². The molecule has 0 saturated heterocycles. The topological polar surface area (TPSA) is 20.2 Å². The van der Waals surface area contributed by atoms with Gasteiger partial charge in [-0.15, -0.1) is 0 Å². The standard InChI is InChI=1S/C13H19FO/c1-10-6-7-12(13(2,3)14)9-11(10)5-4-8-15/h6-7,9,15H,4-5,8H2,1-3H3. The van der Waals surface area contributed by atoms with Gasteiger partial charge in [0.1, 0.15) is 5.67 Å². The van der Waals surface area contributed by atoms with Crippen LogP contribution in [0.4, 0.5) is 4.39 Å². The maximum absolute atomic E-state index is 13.7. The van der Waals surface area contributed by atoms with E-state index in [0.717, 1.165) is 24.0 Å². The summed E-state index contributed by atoms with van der Waals surface area (Å²) < 4.78 is 13.7. The highest BCUT2D eigenvalue weighted by Crippen LogP contribution is 2.26. The van der Waals surface area contributed by atoms with E-state index in [-0.39, 0.29) is 6.61 Å². The summed E-state index contributed by atoms with van der Waals surface area (Å²) in [5.41, 5.74) is 1.71. The van der Waals surface area contributed by atoms with Crippen LogP contribution in [0.3, 0.4) is 0 Å². The van der Waals surface area contributed by atoms with Gasteiger partial charge in [0.25, 0.3) is 0 Å². The minimum Gasteiger partial charge on any atom is -0.396 e. The van der Waals surface area contributed by atoms with Crippen LogP contribution in [-0.4, -0.2) is 11.7 Å². The molecule has 0 aromatic heterocycles. The molecule has 0 amide bonds. The highest BCUT2D eigenvalue weighted by atomic mass is 19.1. The van der Waals surface area contributed by atoms with Crippen LogP contribution in [0.15, 0.2) is 18.2 Å². The molecule has 0 unspecified atom stereocenters. The minimum atomic E-state index is -1.29. The number of aliphatic hydroxyl groups excluding tert-OH is 1. The van der Waals surface area contributed by atoms with Gasteiger partial charge in [0.15, 0.2) is 0 Å². The van der Waals surface area contributed by atoms with Crippen molar-refractivity contribution in [3.8, 4) is 0 Å². The van der Waals surface area contributed by atoms with E-state index in [1.54, 1.807) is 13.8 Å². The molecule has 0 fully saturated rings. The molecule has 1 aromatic rings. The number of alkyl halides is 1. The highest BCUT2D eigenvalue weighted by molar-refractivity contribution is 5.33. The molecule has 0 aliphatic carbocycles. The number of benzene rings is 1. The van der Waals surface area contributed by atoms with Gasteiger partial charge in [0.2, 0.25) is 0 Å². The second kappa shape index (κ2) is 4.75. The minimum absolute atomic E-state index is 0.183. The van der Waals surface area contributed by atoms with Gasteiger partial charge in [-0.05, 0) is 50.3 Å². The van der Waals surface area contributed by atoms with Crippen LogP contribution in [-0.2, 0) is 12.1 Å². The lowest BCUT2D eigenvalue weighted by atomic mass is 9.94. The second-order valence-electron chi connectivity index (χ2n) is 4.44. The van der Waals surface area contributed by atoms with E-state index in [9.17, 15) is 4.39 Å². The molecule has 0 aliphatic rings. The molecule has 0 radical (unpaired) electrons. The van der Waals surface area contributed by atoms with Crippen molar-refractivity contribution >= 4 is 0 Å². The zero-order valence-electron chi connectivity index (χ0n) is 9.68. The lowest BCUT2D eigenvalue weighted by Gasteiger charge is -2.17. The van der Waals surface area contributed by atoms with E-state index >= 15 is 0 Å². The summed E-state index contributed by atoms with van der Waals surface area (Å²) in [6.45, 7) is 5.32. The summed E-state index contributed by atoms with van der Waals surface area (Å²) in [6, 6.07) is 5.69. The molecule has 15 heavy (non-hydrogen) atoms. The Morgan fingerprint density at radius 3 is 2.53 bits per heavy atom. The highest BCUT2D eigenvalue weighted by Gasteiger charge is 2.19. The fourth-order valence-corrected chi connectivity index (χ4v) is 1.58. The summed E-state index contributed by atoms with van der Waals surface area (Å²) in [6.07, 6.45) is 1.54. The van der Waals surface area contributed by atoms with Crippen LogP contribution >= 0.6 is 0 Å². The van der Waals surface area contributed by atoms with Crippen LogP contribution in [0.2, 0.25) is 0 Å². The number of halogens is 1. The van der Waals surface area contributed by atoms with Crippen molar-refractivity contribution in [2.24, 2.45) is 0 Å². The largest absolute Gasteiger partial charge is 0.396 e. The zero-order chi connectivity index (χ0) is 11.5. The number of hydrogen-bond acceptors (Lipinski definition) is 1. The van der Waals surface area contributed by atoms with Crippen LogP contribution < -0.4 is 0 Å². The van der Waals surface area contributed by atoms with E-state index in [4.69, 9.17) is 5.11 Å². The molecule has 0 bridgehead atoms. The number of rotatable bonds is 4. The fourth-order valence-electron chi connectivity index (χ4n) is 1.58. The Labute approximate surface area is 90.9 Å². The molecule has 0 heterocycles. The zero-order valence-corrected chi connectivity index (χ0v) is 9.68.